The van der Waals surface area contributed by atoms with E-state index in [2.05, 4.69) is 5.32 Å². The topological polar surface area (TPSA) is 66.5 Å². The minimum absolute atomic E-state index is 0.0298. The van der Waals surface area contributed by atoms with Crippen molar-refractivity contribution < 1.29 is 13.2 Å². The molecule has 19 heavy (non-hydrogen) atoms. The van der Waals surface area contributed by atoms with Crippen LogP contribution in [-0.4, -0.2) is 33.2 Å². The summed E-state index contributed by atoms with van der Waals surface area (Å²) in [4.78, 5) is 11.9. The third-order valence-electron chi connectivity index (χ3n) is 3.17. The number of anilines is 1. The Morgan fingerprint density at radius 1 is 1.42 bits per heavy atom. The first-order chi connectivity index (χ1) is 8.94. The van der Waals surface area contributed by atoms with Crippen LogP contribution in [0.4, 0.5) is 5.69 Å². The Bertz CT molecular complexity index is 579. The summed E-state index contributed by atoms with van der Waals surface area (Å²) in [7, 11) is -1.81. The van der Waals surface area contributed by atoms with Gasteiger partial charge in [-0.2, -0.15) is 0 Å². The average Bonchev–Trinajstić information content (AvgIpc) is 3.21. The largest absolute Gasteiger partial charge is 0.349 e. The number of hydrogen-bond donors (Lipinski definition) is 1. The molecule has 1 aliphatic carbocycles. The van der Waals surface area contributed by atoms with Crippen molar-refractivity contribution in [2.75, 3.05) is 17.1 Å². The highest BCUT2D eigenvalue weighted by Gasteiger charge is 2.24. The van der Waals surface area contributed by atoms with E-state index in [0.29, 0.717) is 11.3 Å². The fraction of sp³-hybridized carbons (Fsp3) is 0.462. The van der Waals surface area contributed by atoms with Crippen LogP contribution in [0.2, 0.25) is 0 Å². The van der Waals surface area contributed by atoms with E-state index in [-0.39, 0.29) is 17.7 Å². The molecule has 2 rings (SSSR count). The summed E-state index contributed by atoms with van der Waals surface area (Å²) in [6, 6.07) is 6.95. The summed E-state index contributed by atoms with van der Waals surface area (Å²) < 4.78 is 24.8. The van der Waals surface area contributed by atoms with E-state index in [0.717, 1.165) is 12.8 Å². The molecule has 1 aromatic carbocycles. The molecule has 0 spiro atoms. The van der Waals surface area contributed by atoms with Gasteiger partial charge in [-0.15, -0.1) is 0 Å². The first-order valence-corrected chi connectivity index (χ1v) is 7.92. The molecular weight excluding hydrogens is 264 g/mol. The first-order valence-electron chi connectivity index (χ1n) is 6.31. The molecule has 1 aliphatic rings. The van der Waals surface area contributed by atoms with Crippen molar-refractivity contribution in [2.45, 2.75) is 25.8 Å². The van der Waals surface area contributed by atoms with E-state index in [1.807, 2.05) is 0 Å². The van der Waals surface area contributed by atoms with Gasteiger partial charge in [0.05, 0.1) is 11.4 Å². The molecule has 0 aliphatic heterocycles. The second-order valence-electron chi connectivity index (χ2n) is 4.67. The lowest BCUT2D eigenvalue weighted by Gasteiger charge is -2.19. The number of hydrogen-bond acceptors (Lipinski definition) is 3. The van der Waals surface area contributed by atoms with Gasteiger partial charge in [-0.3, -0.25) is 9.10 Å². The average molecular weight is 282 g/mol. The van der Waals surface area contributed by atoms with Crippen LogP contribution in [0.1, 0.15) is 30.1 Å². The van der Waals surface area contributed by atoms with Crippen LogP contribution < -0.4 is 9.62 Å². The summed E-state index contributed by atoms with van der Waals surface area (Å²) in [6.07, 6.45) is 2.05. The van der Waals surface area contributed by atoms with Crippen molar-refractivity contribution in [1.82, 2.24) is 5.32 Å². The van der Waals surface area contributed by atoms with E-state index >= 15 is 0 Å². The van der Waals surface area contributed by atoms with Gasteiger partial charge in [0.1, 0.15) is 0 Å². The van der Waals surface area contributed by atoms with Crippen molar-refractivity contribution in [1.29, 1.82) is 0 Å². The zero-order valence-electron chi connectivity index (χ0n) is 11.1. The van der Waals surface area contributed by atoms with E-state index in [1.165, 1.54) is 11.4 Å². The van der Waals surface area contributed by atoms with Gasteiger partial charge in [-0.1, -0.05) is 6.07 Å². The second kappa shape index (κ2) is 5.21. The van der Waals surface area contributed by atoms with Gasteiger partial charge in [-0.25, -0.2) is 8.42 Å². The molecule has 1 fully saturated rings. The summed E-state index contributed by atoms with van der Waals surface area (Å²) >= 11 is 0. The number of nitrogens with one attached hydrogen (secondary N) is 1. The molecule has 6 heteroatoms. The van der Waals surface area contributed by atoms with Crippen LogP contribution in [0.5, 0.6) is 0 Å². The Labute approximate surface area is 113 Å². The molecule has 104 valence electrons. The highest BCUT2D eigenvalue weighted by molar-refractivity contribution is 7.92. The number of benzene rings is 1. The molecule has 0 aromatic heterocycles. The number of carbonyl (C=O) groups is 1. The molecule has 5 nitrogen and oxygen atoms in total. The molecule has 1 N–H and O–H groups in total. The molecule has 0 heterocycles. The molecule has 1 saturated carbocycles. The third kappa shape index (κ3) is 3.26. The maximum absolute atomic E-state index is 11.9. The monoisotopic (exact) mass is 282 g/mol. The zero-order valence-corrected chi connectivity index (χ0v) is 11.9. The maximum atomic E-state index is 11.9. The van der Waals surface area contributed by atoms with E-state index in [1.54, 1.807) is 31.2 Å². The molecular formula is C13H18N2O3S. The van der Waals surface area contributed by atoms with E-state index in [9.17, 15) is 13.2 Å². The summed E-state index contributed by atoms with van der Waals surface area (Å²) in [5, 5.41) is 2.88. The highest BCUT2D eigenvalue weighted by atomic mass is 32.2. The van der Waals surface area contributed by atoms with Crippen LogP contribution in [0.15, 0.2) is 24.3 Å². The first kappa shape index (κ1) is 13.9. The van der Waals surface area contributed by atoms with Crippen molar-refractivity contribution >= 4 is 21.6 Å². The number of amides is 1. The fourth-order valence-electron chi connectivity index (χ4n) is 1.69. The predicted octanol–water partition coefficient (Wildman–Crippen LogP) is 1.36. The Morgan fingerprint density at radius 2 is 2.11 bits per heavy atom. The predicted molar refractivity (Wildman–Crippen MR) is 74.8 cm³/mol. The number of nitrogens with zero attached hydrogens (tertiary/aromatic N) is 1. The Kier molecular flexibility index (Phi) is 3.80. The number of carbonyl (C=O) groups excluding carboxylic acids is 1. The smallest absolute Gasteiger partial charge is 0.251 e. The lowest BCUT2D eigenvalue weighted by atomic mass is 10.2. The molecule has 0 saturated heterocycles. The van der Waals surface area contributed by atoms with Crippen LogP contribution in [0, 0.1) is 0 Å². The fourth-order valence-corrected chi connectivity index (χ4v) is 2.52. The lowest BCUT2D eigenvalue weighted by molar-refractivity contribution is 0.0951. The molecule has 1 amide bonds. The van der Waals surface area contributed by atoms with E-state index < -0.39 is 10.0 Å². The van der Waals surface area contributed by atoms with Crippen LogP contribution in [-0.2, 0) is 10.0 Å². The number of sulfonamides is 1. The normalized spacial score (nSPS) is 15.1. The SMILES string of the molecule is CCS(=O)(=O)N(C)c1cccc(C(=O)NC2CC2)c1. The minimum Gasteiger partial charge on any atom is -0.349 e. The Balaban J connectivity index is 2.21. The zero-order chi connectivity index (χ0) is 14.0. The Hall–Kier alpha value is -1.56. The standard InChI is InChI=1S/C13H18N2O3S/c1-3-19(17,18)15(2)12-6-4-5-10(9-12)13(16)14-11-7-8-11/h4-6,9,11H,3,7-8H2,1-2H3,(H,14,16). The maximum Gasteiger partial charge on any atom is 0.251 e. The van der Waals surface area contributed by atoms with Crippen LogP contribution in [0.3, 0.4) is 0 Å². The molecule has 0 atom stereocenters. The quantitative estimate of drug-likeness (QED) is 0.887. The molecule has 0 radical (unpaired) electrons. The van der Waals surface area contributed by atoms with Gasteiger partial charge in [0, 0.05) is 18.7 Å². The van der Waals surface area contributed by atoms with Gasteiger partial charge in [0.25, 0.3) is 5.91 Å². The lowest BCUT2D eigenvalue weighted by Crippen LogP contribution is -2.29. The van der Waals surface area contributed by atoms with Crippen molar-refractivity contribution in [3.8, 4) is 0 Å². The minimum atomic E-state index is -3.30. The van der Waals surface area contributed by atoms with E-state index in [4.69, 9.17) is 0 Å². The van der Waals surface area contributed by atoms with Crippen molar-refractivity contribution in [3.05, 3.63) is 29.8 Å². The summed E-state index contributed by atoms with van der Waals surface area (Å²) in [6.45, 7) is 1.59. The van der Waals surface area contributed by atoms with Crippen LogP contribution in [0.25, 0.3) is 0 Å². The highest BCUT2D eigenvalue weighted by Crippen LogP contribution is 2.21. The van der Waals surface area contributed by atoms with Gasteiger partial charge < -0.3 is 5.32 Å². The number of rotatable bonds is 5. The molecule has 0 bridgehead atoms. The van der Waals surface area contributed by atoms with Gasteiger partial charge in [0.15, 0.2) is 0 Å². The summed E-state index contributed by atoms with van der Waals surface area (Å²) in [5.74, 6) is -0.117. The molecule has 1 aromatic rings. The molecule has 0 unspecified atom stereocenters. The summed E-state index contributed by atoms with van der Waals surface area (Å²) in [5.41, 5.74) is 0.993. The third-order valence-corrected chi connectivity index (χ3v) is 4.94. The Morgan fingerprint density at radius 3 is 2.68 bits per heavy atom. The van der Waals surface area contributed by atoms with Gasteiger partial charge in [0.2, 0.25) is 10.0 Å². The van der Waals surface area contributed by atoms with Crippen LogP contribution >= 0.6 is 0 Å². The van der Waals surface area contributed by atoms with Gasteiger partial charge >= 0.3 is 0 Å². The second-order valence-corrected chi connectivity index (χ2v) is 6.96. The van der Waals surface area contributed by atoms with Crippen molar-refractivity contribution in [2.24, 2.45) is 0 Å². The van der Waals surface area contributed by atoms with Gasteiger partial charge in [-0.05, 0) is 38.0 Å². The van der Waals surface area contributed by atoms with Crippen molar-refractivity contribution in [3.63, 3.8) is 0 Å².